The number of nitrogens with two attached hydrogens (primary N) is 1. The Morgan fingerprint density at radius 2 is 1.92 bits per heavy atom. The van der Waals surface area contributed by atoms with E-state index in [2.05, 4.69) is 20.0 Å². The number of fused-ring (bicyclic) bond motifs is 1. The second kappa shape index (κ2) is 6.66. The number of nitrogens with one attached hydrogen (secondary N) is 1. The maximum Gasteiger partial charge on any atom is 0.309 e. The molecule has 3 N–H and O–H groups in total. The molecule has 0 bridgehead atoms. The second-order valence-corrected chi connectivity index (χ2v) is 5.67. The van der Waals surface area contributed by atoms with Crippen LogP contribution in [-0.2, 0) is 27.2 Å². The Morgan fingerprint density at radius 3 is 2.62 bits per heavy atom. The van der Waals surface area contributed by atoms with Crippen LogP contribution >= 0.6 is 0 Å². The minimum absolute atomic E-state index is 0.00500. The molecular formula is C17H18N4O3. The molecule has 0 aliphatic carbocycles. The number of aryl methyl sites for hydroxylation is 1. The third-order valence-corrected chi connectivity index (χ3v) is 4.06. The normalized spacial score (nSPS) is 19.0. The van der Waals surface area contributed by atoms with Gasteiger partial charge in [0, 0.05) is 6.20 Å². The van der Waals surface area contributed by atoms with E-state index in [1.165, 1.54) is 7.11 Å². The maximum absolute atomic E-state index is 12.0. The van der Waals surface area contributed by atoms with Gasteiger partial charge in [-0.25, -0.2) is 0 Å². The molecule has 3 rings (SSSR count). The molecular weight excluding hydrogens is 308 g/mol. The summed E-state index contributed by atoms with van der Waals surface area (Å²) in [5.41, 5.74) is 8.49. The molecule has 7 heteroatoms. The van der Waals surface area contributed by atoms with E-state index in [1.54, 1.807) is 6.20 Å². The van der Waals surface area contributed by atoms with Gasteiger partial charge in [-0.1, -0.05) is 24.3 Å². The van der Waals surface area contributed by atoms with Crippen molar-refractivity contribution in [1.29, 1.82) is 0 Å². The maximum atomic E-state index is 12.0. The van der Waals surface area contributed by atoms with Crippen molar-refractivity contribution >= 4 is 23.7 Å². The Morgan fingerprint density at radius 1 is 1.21 bits per heavy atom. The van der Waals surface area contributed by atoms with E-state index < -0.39 is 5.92 Å². The SMILES string of the molecule is COC(=O)Cc1ccc(CCC2=CNC3=NC(N)=NC(=O)C23)cc1. The number of amides is 1. The number of benzene rings is 1. The molecule has 1 aromatic carbocycles. The first-order valence-electron chi connectivity index (χ1n) is 7.63. The van der Waals surface area contributed by atoms with Crippen molar-refractivity contribution in [2.75, 3.05) is 7.11 Å². The lowest BCUT2D eigenvalue weighted by molar-refractivity contribution is -0.139. The van der Waals surface area contributed by atoms with Gasteiger partial charge < -0.3 is 15.8 Å². The van der Waals surface area contributed by atoms with Crippen LogP contribution in [0.15, 0.2) is 46.0 Å². The Hall–Kier alpha value is -2.96. The number of hydrogen-bond donors (Lipinski definition) is 2. The molecule has 7 nitrogen and oxygen atoms in total. The molecule has 1 atom stereocenters. The van der Waals surface area contributed by atoms with E-state index >= 15 is 0 Å². The number of methoxy groups -OCH3 is 1. The number of hydrogen-bond acceptors (Lipinski definition) is 6. The highest BCUT2D eigenvalue weighted by atomic mass is 16.5. The van der Waals surface area contributed by atoms with Crippen LogP contribution < -0.4 is 11.1 Å². The predicted octanol–water partition coefficient (Wildman–Crippen LogP) is 0.691. The molecule has 0 saturated carbocycles. The lowest BCUT2D eigenvalue weighted by atomic mass is 9.94. The van der Waals surface area contributed by atoms with Gasteiger partial charge in [-0.05, 0) is 29.5 Å². The molecule has 2 aliphatic heterocycles. The van der Waals surface area contributed by atoms with Crippen LogP contribution in [0.4, 0.5) is 0 Å². The Bertz CT molecular complexity index is 763. The Balaban J connectivity index is 1.60. The lowest BCUT2D eigenvalue weighted by Gasteiger charge is -2.15. The van der Waals surface area contributed by atoms with Crippen molar-refractivity contribution in [3.05, 3.63) is 47.2 Å². The van der Waals surface area contributed by atoms with Crippen LogP contribution in [0.2, 0.25) is 0 Å². The molecule has 1 aromatic rings. The minimum atomic E-state index is -0.434. The number of guanidine groups is 1. The number of aliphatic imine (C=N–C) groups is 2. The minimum Gasteiger partial charge on any atom is -0.469 e. The van der Waals surface area contributed by atoms with Crippen molar-refractivity contribution in [3.8, 4) is 0 Å². The Kier molecular flexibility index (Phi) is 4.41. The van der Waals surface area contributed by atoms with Gasteiger partial charge in [0.2, 0.25) is 5.96 Å². The summed E-state index contributed by atoms with van der Waals surface area (Å²) in [5, 5.41) is 3.00. The third-order valence-electron chi connectivity index (χ3n) is 4.06. The molecule has 2 aliphatic rings. The monoisotopic (exact) mass is 326 g/mol. The van der Waals surface area contributed by atoms with Gasteiger partial charge in [0.1, 0.15) is 11.8 Å². The summed E-state index contributed by atoms with van der Waals surface area (Å²) in [6, 6.07) is 7.79. The van der Waals surface area contributed by atoms with Crippen LogP contribution in [0.3, 0.4) is 0 Å². The van der Waals surface area contributed by atoms with Crippen LogP contribution in [0.5, 0.6) is 0 Å². The molecule has 0 saturated heterocycles. The van der Waals surface area contributed by atoms with Crippen LogP contribution in [0, 0.1) is 5.92 Å². The molecule has 0 radical (unpaired) electrons. The smallest absolute Gasteiger partial charge is 0.309 e. The van der Waals surface area contributed by atoms with Crippen molar-refractivity contribution in [2.45, 2.75) is 19.3 Å². The van der Waals surface area contributed by atoms with Crippen molar-refractivity contribution in [1.82, 2.24) is 5.32 Å². The van der Waals surface area contributed by atoms with E-state index in [4.69, 9.17) is 5.73 Å². The average Bonchev–Trinajstić information content (AvgIpc) is 2.97. The van der Waals surface area contributed by atoms with Gasteiger partial charge in [-0.2, -0.15) is 9.98 Å². The van der Waals surface area contributed by atoms with E-state index in [9.17, 15) is 9.59 Å². The molecule has 0 fully saturated rings. The first-order valence-corrected chi connectivity index (χ1v) is 7.63. The van der Waals surface area contributed by atoms with Gasteiger partial charge in [0.15, 0.2) is 0 Å². The van der Waals surface area contributed by atoms with Gasteiger partial charge in [-0.15, -0.1) is 0 Å². The molecule has 124 valence electrons. The van der Waals surface area contributed by atoms with Gasteiger partial charge in [0.25, 0.3) is 5.91 Å². The molecule has 24 heavy (non-hydrogen) atoms. The molecule has 0 aromatic heterocycles. The summed E-state index contributed by atoms with van der Waals surface area (Å²) in [5.74, 6) is -0.420. The van der Waals surface area contributed by atoms with Gasteiger partial charge in [-0.3, -0.25) is 9.59 Å². The first kappa shape index (κ1) is 15.9. The number of esters is 1. The second-order valence-electron chi connectivity index (χ2n) is 5.67. The fraction of sp³-hybridized carbons (Fsp3) is 0.294. The molecule has 1 amide bonds. The molecule has 0 spiro atoms. The number of nitrogens with zero attached hydrogens (tertiary/aromatic N) is 2. The van der Waals surface area contributed by atoms with E-state index in [0.29, 0.717) is 12.3 Å². The fourth-order valence-corrected chi connectivity index (χ4v) is 2.77. The highest BCUT2D eigenvalue weighted by Crippen LogP contribution is 2.26. The summed E-state index contributed by atoms with van der Waals surface area (Å²) in [7, 11) is 1.38. The van der Waals surface area contributed by atoms with Crippen molar-refractivity contribution < 1.29 is 14.3 Å². The lowest BCUT2D eigenvalue weighted by Crippen LogP contribution is -2.34. The topological polar surface area (TPSA) is 106 Å². The Labute approximate surface area is 139 Å². The zero-order valence-electron chi connectivity index (χ0n) is 13.3. The summed E-state index contributed by atoms with van der Waals surface area (Å²) in [6.07, 6.45) is 3.57. The van der Waals surface area contributed by atoms with E-state index in [-0.39, 0.29) is 24.3 Å². The van der Waals surface area contributed by atoms with Crippen LogP contribution in [-0.4, -0.2) is 30.8 Å². The summed E-state index contributed by atoms with van der Waals surface area (Å²) in [4.78, 5) is 31.1. The van der Waals surface area contributed by atoms with Crippen molar-refractivity contribution in [3.63, 3.8) is 0 Å². The summed E-state index contributed by atoms with van der Waals surface area (Å²) in [6.45, 7) is 0. The highest BCUT2D eigenvalue weighted by molar-refractivity contribution is 6.17. The standard InChI is InChI=1S/C17H18N4O3/c1-24-13(22)8-11-4-2-10(3-5-11)6-7-12-9-19-15-14(12)16(23)21-17(18)20-15/h2-5,9,14H,6-8H2,1H3,(H3,18,19,20,21,23). The number of carbonyl (C=O) groups excluding carboxylic acids is 2. The summed E-state index contributed by atoms with van der Waals surface area (Å²) < 4.78 is 4.65. The zero-order valence-corrected chi connectivity index (χ0v) is 13.3. The van der Waals surface area contributed by atoms with Crippen LogP contribution in [0.25, 0.3) is 0 Å². The number of rotatable bonds is 5. The number of ether oxygens (including phenoxy) is 1. The van der Waals surface area contributed by atoms with Gasteiger partial charge >= 0.3 is 5.97 Å². The van der Waals surface area contributed by atoms with E-state index in [1.807, 2.05) is 24.3 Å². The number of carbonyl (C=O) groups is 2. The average molecular weight is 326 g/mol. The highest BCUT2D eigenvalue weighted by Gasteiger charge is 2.34. The fourth-order valence-electron chi connectivity index (χ4n) is 2.77. The zero-order chi connectivity index (χ0) is 17.1. The summed E-state index contributed by atoms with van der Waals surface area (Å²) >= 11 is 0. The predicted molar refractivity (Wildman–Crippen MR) is 89.3 cm³/mol. The largest absolute Gasteiger partial charge is 0.469 e. The van der Waals surface area contributed by atoms with E-state index in [0.717, 1.165) is 23.1 Å². The van der Waals surface area contributed by atoms with Crippen LogP contribution in [0.1, 0.15) is 17.5 Å². The third kappa shape index (κ3) is 3.34. The number of amidine groups is 1. The molecule has 1 unspecified atom stereocenters. The quantitative estimate of drug-likeness (QED) is 0.774. The molecule has 2 heterocycles. The van der Waals surface area contributed by atoms with Gasteiger partial charge in [0.05, 0.1) is 13.5 Å². The first-order chi connectivity index (χ1) is 11.6. The van der Waals surface area contributed by atoms with Crippen molar-refractivity contribution in [2.24, 2.45) is 21.6 Å².